The molecule has 77 heavy (non-hydrogen) atoms. The zero-order valence-electron chi connectivity index (χ0n) is 48.0. The number of aryl methyl sites for hydroxylation is 12. The third kappa shape index (κ3) is 14.7. The molecule has 0 N–H and O–H groups in total. The Hall–Kier alpha value is -6.18. The molecule has 0 amide bonds. The second-order valence-corrected chi connectivity index (χ2v) is 23.3. The second-order valence-electron chi connectivity index (χ2n) is 23.3. The molecule has 1 heteroatoms. The highest BCUT2D eigenvalue weighted by Gasteiger charge is 2.20. The molecule has 0 bridgehead atoms. The Morgan fingerprint density at radius 3 is 1.31 bits per heavy atom. The van der Waals surface area contributed by atoms with Gasteiger partial charge >= 0.3 is 0 Å². The molecule has 0 aromatic heterocycles. The van der Waals surface area contributed by atoms with Gasteiger partial charge in [-0.2, -0.15) is 0 Å². The van der Waals surface area contributed by atoms with Crippen molar-refractivity contribution in [3.63, 3.8) is 0 Å². The first kappa shape index (κ1) is 55.6. The molecule has 1 unspecified atom stereocenters. The Kier molecular flexibility index (Phi) is 20.2. The maximum atomic E-state index is 4.11. The predicted molar refractivity (Wildman–Crippen MR) is 335 cm³/mol. The van der Waals surface area contributed by atoms with E-state index in [4.69, 9.17) is 0 Å². The first-order valence-electron chi connectivity index (χ1n) is 30.6. The van der Waals surface area contributed by atoms with Crippen LogP contribution in [0.25, 0.3) is 22.3 Å². The van der Waals surface area contributed by atoms with Gasteiger partial charge in [0.25, 0.3) is 0 Å². The van der Waals surface area contributed by atoms with E-state index in [1.165, 1.54) is 168 Å². The highest BCUT2D eigenvalue weighted by atomic mass is 15.1. The van der Waals surface area contributed by atoms with Crippen LogP contribution in [0, 0.1) is 13.8 Å². The van der Waals surface area contributed by atoms with Crippen molar-refractivity contribution in [2.45, 2.75) is 194 Å². The van der Waals surface area contributed by atoms with Gasteiger partial charge in [-0.15, -0.1) is 13.2 Å². The molecule has 0 fully saturated rings. The summed E-state index contributed by atoms with van der Waals surface area (Å²) in [5.74, 6) is 0.539. The Labute approximate surface area is 467 Å². The first-order valence-corrected chi connectivity index (χ1v) is 30.6. The predicted octanol–water partition coefficient (Wildman–Crippen LogP) is 21.3. The van der Waals surface area contributed by atoms with Gasteiger partial charge in [0.05, 0.1) is 0 Å². The summed E-state index contributed by atoms with van der Waals surface area (Å²) in [5, 5.41) is 0. The van der Waals surface area contributed by atoms with E-state index in [2.05, 4.69) is 191 Å². The first-order chi connectivity index (χ1) is 37.8. The number of fused-ring (bicyclic) bond motifs is 2. The van der Waals surface area contributed by atoms with Crippen LogP contribution in [0.5, 0.6) is 0 Å². The van der Waals surface area contributed by atoms with Crippen LogP contribution >= 0.6 is 0 Å². The van der Waals surface area contributed by atoms with Crippen molar-refractivity contribution in [3.8, 4) is 22.3 Å². The van der Waals surface area contributed by atoms with Crippen molar-refractivity contribution < 1.29 is 0 Å². The van der Waals surface area contributed by atoms with Gasteiger partial charge < -0.3 is 4.90 Å². The number of hydrogen-bond acceptors (Lipinski definition) is 1. The molecule has 7 aromatic rings. The molecular weight excluding hydrogens is 927 g/mol. The maximum absolute atomic E-state index is 4.11. The van der Waals surface area contributed by atoms with Crippen molar-refractivity contribution in [1.29, 1.82) is 0 Å². The zero-order chi connectivity index (χ0) is 53.3. The second kappa shape index (κ2) is 27.9. The summed E-state index contributed by atoms with van der Waals surface area (Å²) in [7, 11) is 0. The van der Waals surface area contributed by atoms with E-state index >= 15 is 0 Å². The summed E-state index contributed by atoms with van der Waals surface area (Å²) in [5.41, 5.74) is 28.8. The third-order valence-corrected chi connectivity index (χ3v) is 17.6. The number of benzene rings is 7. The van der Waals surface area contributed by atoms with Crippen LogP contribution in [-0.2, 0) is 64.2 Å². The van der Waals surface area contributed by atoms with E-state index in [1.807, 2.05) is 0 Å². The number of anilines is 3. The lowest BCUT2D eigenvalue weighted by molar-refractivity contribution is 0.636. The van der Waals surface area contributed by atoms with Crippen LogP contribution < -0.4 is 4.90 Å². The minimum absolute atomic E-state index is 0.539. The van der Waals surface area contributed by atoms with Gasteiger partial charge in [0.1, 0.15) is 0 Å². The van der Waals surface area contributed by atoms with Crippen LogP contribution in [0.1, 0.15) is 188 Å². The van der Waals surface area contributed by atoms with Crippen molar-refractivity contribution in [2.75, 3.05) is 4.90 Å². The lowest BCUT2D eigenvalue weighted by atomic mass is 9.83. The minimum Gasteiger partial charge on any atom is -0.311 e. The molecule has 1 nitrogen and oxygen atoms in total. The normalized spacial score (nSPS) is 12.8. The molecule has 0 aliphatic heterocycles. The van der Waals surface area contributed by atoms with Gasteiger partial charge in [-0.25, -0.2) is 0 Å². The standard InChI is InChI=1S/C76H91N/c1-7-10-12-20-28-69-55-76(70(29-21-13-11-8-2)54-74(69)64-42-48-73(49-43-64)77(71-44-30-56(4)31-45-71)72-46-40-61(41-47-72)57(5)9-3)75-53-65(26-22-16-14-18-24-59-32-34-62-36-38-66(62)51-59)58(6)50-68(75)27-23-17-15-19-25-60-33-35-63-37-39-67(63)52-60/h7-8,30-35,40-55,57H,1-2,9-29,36-39H2,3-6H3. The Morgan fingerprint density at radius 1 is 0.416 bits per heavy atom. The summed E-state index contributed by atoms with van der Waals surface area (Å²) < 4.78 is 0. The van der Waals surface area contributed by atoms with Crippen molar-refractivity contribution >= 4 is 17.1 Å². The molecule has 0 saturated carbocycles. The monoisotopic (exact) mass is 1020 g/mol. The fraction of sp³-hybridized carbons (Fsp3) is 0.395. The van der Waals surface area contributed by atoms with Crippen LogP contribution in [-0.4, -0.2) is 0 Å². The van der Waals surface area contributed by atoms with Gasteiger partial charge in [-0.05, 0) is 280 Å². The minimum atomic E-state index is 0.539. The molecule has 9 rings (SSSR count). The molecular formula is C76H91N. The quantitative estimate of drug-likeness (QED) is 0.0309. The molecule has 2 aliphatic carbocycles. The van der Waals surface area contributed by atoms with Gasteiger partial charge in [-0.1, -0.05) is 154 Å². The fourth-order valence-electron chi connectivity index (χ4n) is 12.3. The fourth-order valence-corrected chi connectivity index (χ4v) is 12.3. The van der Waals surface area contributed by atoms with E-state index in [1.54, 1.807) is 33.4 Å². The Morgan fingerprint density at radius 2 is 0.831 bits per heavy atom. The smallest absolute Gasteiger partial charge is 0.0462 e. The highest BCUT2D eigenvalue weighted by molar-refractivity contribution is 5.82. The molecule has 0 spiro atoms. The van der Waals surface area contributed by atoms with Gasteiger partial charge in [0, 0.05) is 17.1 Å². The van der Waals surface area contributed by atoms with E-state index in [0.717, 1.165) is 70.6 Å². The number of unbranched alkanes of at least 4 members (excludes halogenated alkanes) is 10. The van der Waals surface area contributed by atoms with E-state index in [9.17, 15) is 0 Å². The van der Waals surface area contributed by atoms with Gasteiger partial charge in [-0.3, -0.25) is 0 Å². The summed E-state index contributed by atoms with van der Waals surface area (Å²) in [6.07, 6.45) is 34.1. The van der Waals surface area contributed by atoms with E-state index < -0.39 is 0 Å². The molecule has 7 aromatic carbocycles. The molecule has 2 aliphatic rings. The lowest BCUT2D eigenvalue weighted by Crippen LogP contribution is -2.10. The number of allylic oxidation sites excluding steroid dienone is 2. The highest BCUT2D eigenvalue weighted by Crippen LogP contribution is 2.41. The summed E-state index contributed by atoms with van der Waals surface area (Å²) in [6, 6.07) is 52.9. The zero-order valence-corrected chi connectivity index (χ0v) is 48.0. The van der Waals surface area contributed by atoms with E-state index in [0.29, 0.717) is 5.92 Å². The van der Waals surface area contributed by atoms with Crippen LogP contribution in [0.15, 0.2) is 159 Å². The SMILES string of the molecule is C=CCCCCc1cc(-c2cc(CCCCCCc3ccc4c(c3)CC4)c(C)cc2CCCCCCc2ccc3c(c2)CC3)c(CCCCC=C)cc1-c1ccc(N(c2ccc(C)cc2)c2ccc(C(C)CC)cc2)cc1. The number of hydrogen-bond donors (Lipinski definition) is 0. The van der Waals surface area contributed by atoms with Crippen LogP contribution in [0.3, 0.4) is 0 Å². The lowest BCUT2D eigenvalue weighted by Gasteiger charge is -2.26. The van der Waals surface area contributed by atoms with Crippen molar-refractivity contribution in [3.05, 3.63) is 231 Å². The van der Waals surface area contributed by atoms with Crippen LogP contribution in [0.2, 0.25) is 0 Å². The maximum Gasteiger partial charge on any atom is 0.0462 e. The summed E-state index contributed by atoms with van der Waals surface area (Å²) >= 11 is 0. The molecule has 0 radical (unpaired) electrons. The number of rotatable bonds is 31. The summed E-state index contributed by atoms with van der Waals surface area (Å²) in [6.45, 7) is 17.4. The van der Waals surface area contributed by atoms with Crippen molar-refractivity contribution in [2.24, 2.45) is 0 Å². The Bertz CT molecular complexity index is 3020. The topological polar surface area (TPSA) is 3.24 Å². The largest absolute Gasteiger partial charge is 0.311 e. The molecule has 400 valence electrons. The van der Waals surface area contributed by atoms with Crippen molar-refractivity contribution in [1.82, 2.24) is 0 Å². The Balaban J connectivity index is 1.02. The molecule has 0 saturated heterocycles. The van der Waals surface area contributed by atoms with Gasteiger partial charge in [0.2, 0.25) is 0 Å². The summed E-state index contributed by atoms with van der Waals surface area (Å²) in [4.78, 5) is 2.42. The average molecular weight is 1020 g/mol. The average Bonchev–Trinajstić information content (AvgIpc) is 3.43. The molecule has 0 heterocycles. The van der Waals surface area contributed by atoms with Gasteiger partial charge in [0.15, 0.2) is 0 Å². The third-order valence-electron chi connectivity index (χ3n) is 17.6. The molecule has 1 atom stereocenters. The van der Waals surface area contributed by atoms with Crippen LogP contribution in [0.4, 0.5) is 17.1 Å². The number of nitrogens with zero attached hydrogens (tertiary/aromatic N) is 1. The van der Waals surface area contributed by atoms with E-state index in [-0.39, 0.29) is 0 Å².